The molecule has 6 heteroatoms. The molecule has 0 aliphatic rings. The summed E-state index contributed by atoms with van der Waals surface area (Å²) >= 11 is 4.85. The van der Waals surface area contributed by atoms with Crippen molar-refractivity contribution in [3.8, 4) is 0 Å². The lowest BCUT2D eigenvalue weighted by Crippen LogP contribution is -2.30. The average molecular weight is 280 g/mol. The largest absolute Gasteiger partial charge is 0.481 e. The third kappa shape index (κ3) is 4.67. The van der Waals surface area contributed by atoms with E-state index in [9.17, 15) is 9.59 Å². The summed E-state index contributed by atoms with van der Waals surface area (Å²) in [6, 6.07) is 7.04. The van der Waals surface area contributed by atoms with Crippen LogP contribution < -0.4 is 5.73 Å². The summed E-state index contributed by atoms with van der Waals surface area (Å²) in [7, 11) is 1.57. The van der Waals surface area contributed by atoms with Gasteiger partial charge in [0.1, 0.15) is 0 Å². The van der Waals surface area contributed by atoms with Crippen LogP contribution in [0.5, 0.6) is 0 Å². The minimum atomic E-state index is -0.934. The first kappa shape index (κ1) is 15.1. The molecule has 1 amide bonds. The van der Waals surface area contributed by atoms with E-state index >= 15 is 0 Å². The lowest BCUT2D eigenvalue weighted by atomic mass is 10.0. The molecule has 3 N–H and O–H groups in total. The van der Waals surface area contributed by atoms with E-state index in [-0.39, 0.29) is 18.9 Å². The average Bonchev–Trinajstić information content (AvgIpc) is 2.35. The quantitative estimate of drug-likeness (QED) is 0.761. The maximum atomic E-state index is 12.2. The highest BCUT2D eigenvalue weighted by atomic mass is 32.1. The zero-order valence-corrected chi connectivity index (χ0v) is 11.4. The van der Waals surface area contributed by atoms with Gasteiger partial charge >= 0.3 is 5.97 Å². The molecule has 0 radical (unpaired) electrons. The minimum absolute atomic E-state index is 0.0836. The van der Waals surface area contributed by atoms with E-state index in [2.05, 4.69) is 0 Å². The van der Waals surface area contributed by atoms with Crippen molar-refractivity contribution in [3.05, 3.63) is 35.4 Å². The van der Waals surface area contributed by atoms with Crippen LogP contribution >= 0.6 is 12.2 Å². The molecular formula is C13H16N2O3S. The van der Waals surface area contributed by atoms with Crippen LogP contribution in [-0.4, -0.2) is 40.5 Å². The Hall–Kier alpha value is -1.95. The van der Waals surface area contributed by atoms with Crippen LogP contribution in [0.1, 0.15) is 22.3 Å². The van der Waals surface area contributed by atoms with Gasteiger partial charge < -0.3 is 15.7 Å². The van der Waals surface area contributed by atoms with Crippen molar-refractivity contribution in [1.82, 2.24) is 4.90 Å². The fraction of sp³-hybridized carbons (Fsp3) is 0.308. The van der Waals surface area contributed by atoms with Crippen molar-refractivity contribution in [2.24, 2.45) is 5.73 Å². The molecule has 1 aromatic carbocycles. The number of benzene rings is 1. The molecule has 1 aromatic rings. The molecular weight excluding hydrogens is 264 g/mol. The molecule has 0 saturated carbocycles. The van der Waals surface area contributed by atoms with Gasteiger partial charge in [0.25, 0.3) is 5.91 Å². The molecule has 0 aliphatic heterocycles. The van der Waals surface area contributed by atoms with Crippen LogP contribution in [0.3, 0.4) is 0 Å². The summed E-state index contributed by atoms with van der Waals surface area (Å²) in [5.41, 5.74) is 6.75. The van der Waals surface area contributed by atoms with E-state index in [1.54, 1.807) is 25.2 Å². The number of thiocarbonyl (C=S) groups is 1. The van der Waals surface area contributed by atoms with Gasteiger partial charge in [-0.25, -0.2) is 0 Å². The van der Waals surface area contributed by atoms with Crippen molar-refractivity contribution in [1.29, 1.82) is 0 Å². The Morgan fingerprint density at radius 3 is 2.58 bits per heavy atom. The molecule has 0 fully saturated rings. The second-order valence-electron chi connectivity index (χ2n) is 4.17. The van der Waals surface area contributed by atoms with Gasteiger partial charge in [-0.3, -0.25) is 9.59 Å². The number of carbonyl (C=O) groups is 2. The highest BCUT2D eigenvalue weighted by Crippen LogP contribution is 2.12. The molecule has 0 unspecified atom stereocenters. The highest BCUT2D eigenvalue weighted by Gasteiger charge is 2.16. The first-order valence-electron chi connectivity index (χ1n) is 5.75. The molecule has 5 nitrogen and oxygen atoms in total. The number of carbonyl (C=O) groups excluding carboxylic acids is 1. The fourth-order valence-corrected chi connectivity index (χ4v) is 1.80. The van der Waals surface area contributed by atoms with E-state index in [0.29, 0.717) is 17.0 Å². The lowest BCUT2D eigenvalue weighted by molar-refractivity contribution is -0.137. The molecule has 102 valence electrons. The van der Waals surface area contributed by atoms with Crippen LogP contribution in [0.4, 0.5) is 0 Å². The Balaban J connectivity index is 2.86. The first-order chi connectivity index (χ1) is 8.91. The van der Waals surface area contributed by atoms with Gasteiger partial charge in [-0.2, -0.15) is 0 Å². The SMILES string of the molecule is CN(CCC(=O)O)C(=O)c1ccccc1CC(N)=S. The van der Waals surface area contributed by atoms with E-state index in [1.165, 1.54) is 4.90 Å². The summed E-state index contributed by atoms with van der Waals surface area (Å²) in [5.74, 6) is -1.16. The van der Waals surface area contributed by atoms with Crippen molar-refractivity contribution >= 4 is 29.1 Å². The van der Waals surface area contributed by atoms with Crippen molar-refractivity contribution in [2.75, 3.05) is 13.6 Å². The topological polar surface area (TPSA) is 83.6 Å². The van der Waals surface area contributed by atoms with Gasteiger partial charge in [-0.15, -0.1) is 0 Å². The summed E-state index contributed by atoms with van der Waals surface area (Å²) in [6.07, 6.45) is 0.268. The Morgan fingerprint density at radius 1 is 1.37 bits per heavy atom. The predicted octanol–water partition coefficient (Wildman–Crippen LogP) is 1.06. The number of amides is 1. The number of carboxylic acid groups (broad SMARTS) is 1. The second-order valence-corrected chi connectivity index (χ2v) is 4.70. The van der Waals surface area contributed by atoms with Gasteiger partial charge in [0, 0.05) is 25.6 Å². The Bertz CT molecular complexity index is 502. The molecule has 0 aliphatic carbocycles. The van der Waals surface area contributed by atoms with Crippen LogP contribution in [0, 0.1) is 0 Å². The summed E-state index contributed by atoms with van der Waals surface area (Å²) in [5, 5.41) is 8.62. The molecule has 1 rings (SSSR count). The van der Waals surface area contributed by atoms with Crippen LogP contribution in [0.15, 0.2) is 24.3 Å². The van der Waals surface area contributed by atoms with Crippen LogP contribution in [-0.2, 0) is 11.2 Å². The number of carboxylic acids is 1. The first-order valence-corrected chi connectivity index (χ1v) is 6.16. The Kier molecular flexibility index (Phi) is 5.44. The van der Waals surface area contributed by atoms with Gasteiger partial charge in [-0.05, 0) is 11.6 Å². The third-order valence-corrected chi connectivity index (χ3v) is 2.76. The second kappa shape index (κ2) is 6.84. The number of nitrogens with two attached hydrogens (primary N) is 1. The summed E-state index contributed by atoms with van der Waals surface area (Å²) in [4.78, 5) is 24.4. The van der Waals surface area contributed by atoms with Crippen molar-refractivity contribution in [2.45, 2.75) is 12.8 Å². The highest BCUT2D eigenvalue weighted by molar-refractivity contribution is 7.80. The molecule has 0 atom stereocenters. The molecule has 0 saturated heterocycles. The zero-order chi connectivity index (χ0) is 14.4. The molecule has 0 bridgehead atoms. The van der Waals surface area contributed by atoms with Gasteiger partial charge in [0.05, 0.1) is 11.4 Å². The zero-order valence-electron chi connectivity index (χ0n) is 10.6. The molecule has 19 heavy (non-hydrogen) atoms. The normalized spacial score (nSPS) is 9.95. The summed E-state index contributed by atoms with van der Waals surface area (Å²) < 4.78 is 0. The van der Waals surface area contributed by atoms with E-state index in [0.717, 1.165) is 5.56 Å². The molecule has 0 aromatic heterocycles. The number of hydrogen-bond acceptors (Lipinski definition) is 3. The standard InChI is InChI=1S/C13H16N2O3S/c1-15(7-6-12(16)17)13(18)10-5-3-2-4-9(10)8-11(14)19/h2-5H,6-8H2,1H3,(H2,14,19)(H,16,17). The van der Waals surface area contributed by atoms with Crippen molar-refractivity contribution in [3.63, 3.8) is 0 Å². The maximum Gasteiger partial charge on any atom is 0.305 e. The Morgan fingerprint density at radius 2 is 2.00 bits per heavy atom. The van der Waals surface area contributed by atoms with Gasteiger partial charge in [-0.1, -0.05) is 30.4 Å². The monoisotopic (exact) mass is 280 g/mol. The van der Waals surface area contributed by atoms with E-state index < -0.39 is 5.97 Å². The predicted molar refractivity (Wildman–Crippen MR) is 76.1 cm³/mol. The fourth-order valence-electron chi connectivity index (χ4n) is 1.64. The minimum Gasteiger partial charge on any atom is -0.481 e. The number of nitrogens with zero attached hydrogens (tertiary/aromatic N) is 1. The van der Waals surface area contributed by atoms with E-state index in [4.69, 9.17) is 23.1 Å². The molecule has 0 heterocycles. The third-order valence-electron chi connectivity index (χ3n) is 2.62. The van der Waals surface area contributed by atoms with Gasteiger partial charge in [0.2, 0.25) is 0 Å². The Labute approximate surface area is 117 Å². The van der Waals surface area contributed by atoms with Crippen molar-refractivity contribution < 1.29 is 14.7 Å². The van der Waals surface area contributed by atoms with Gasteiger partial charge in [0.15, 0.2) is 0 Å². The molecule has 0 spiro atoms. The number of hydrogen-bond donors (Lipinski definition) is 2. The lowest BCUT2D eigenvalue weighted by Gasteiger charge is -2.18. The van der Waals surface area contributed by atoms with E-state index in [1.807, 2.05) is 6.07 Å². The smallest absolute Gasteiger partial charge is 0.305 e. The number of rotatable bonds is 6. The summed E-state index contributed by atoms with van der Waals surface area (Å²) in [6.45, 7) is 0.162. The maximum absolute atomic E-state index is 12.2. The van der Waals surface area contributed by atoms with Crippen LogP contribution in [0.25, 0.3) is 0 Å². The van der Waals surface area contributed by atoms with Crippen LogP contribution in [0.2, 0.25) is 0 Å². The number of aliphatic carboxylic acids is 1.